The van der Waals surface area contributed by atoms with E-state index in [9.17, 15) is 22.0 Å². The summed E-state index contributed by atoms with van der Waals surface area (Å²) in [5, 5.41) is -0.550. The van der Waals surface area contributed by atoms with Crippen molar-refractivity contribution >= 4 is 21.6 Å². The molecule has 1 saturated carbocycles. The minimum absolute atomic E-state index is 0.216. The molecule has 0 unspecified atom stereocenters. The van der Waals surface area contributed by atoms with Crippen LogP contribution >= 0.6 is 0 Å². The molecule has 28 heavy (non-hydrogen) atoms. The Bertz CT molecular complexity index is 910. The van der Waals surface area contributed by atoms with Gasteiger partial charge in [0.2, 0.25) is 15.0 Å². The predicted octanol–water partition coefficient (Wildman–Crippen LogP) is 1.94. The molecule has 0 bridgehead atoms. The summed E-state index contributed by atoms with van der Waals surface area (Å²) < 4.78 is 57.8. The van der Waals surface area contributed by atoms with Crippen molar-refractivity contribution in [2.24, 2.45) is 17.8 Å². The zero-order chi connectivity index (χ0) is 20.3. The molecule has 2 fully saturated rings. The molecule has 1 saturated heterocycles. The summed E-state index contributed by atoms with van der Waals surface area (Å²) in [7, 11) is -3.82. The predicted molar refractivity (Wildman–Crippen MR) is 95.9 cm³/mol. The molecule has 2 heterocycles. The summed E-state index contributed by atoms with van der Waals surface area (Å²) in [6.45, 7) is 3.27. The Morgan fingerprint density at radius 2 is 1.96 bits per heavy atom. The first-order valence-electron chi connectivity index (χ1n) is 9.51. The van der Waals surface area contributed by atoms with Gasteiger partial charge in [0.1, 0.15) is 11.5 Å². The lowest BCUT2D eigenvalue weighted by Gasteiger charge is -2.30. The highest BCUT2D eigenvalue weighted by Crippen LogP contribution is 2.55. The third kappa shape index (κ3) is 3.35. The average Bonchev–Trinajstić information content (AvgIpc) is 3.03. The third-order valence-corrected chi connectivity index (χ3v) is 6.78. The quantitative estimate of drug-likeness (QED) is 0.536. The fraction of sp³-hybridized carbons (Fsp3) is 0.722. The van der Waals surface area contributed by atoms with Gasteiger partial charge in [-0.2, -0.15) is 8.78 Å². The van der Waals surface area contributed by atoms with Crippen molar-refractivity contribution < 1.29 is 26.7 Å². The number of hydrogen-bond acceptors (Lipinski definition) is 7. The number of esters is 1. The molecule has 1 aliphatic heterocycles. The lowest BCUT2D eigenvalue weighted by atomic mass is 9.93. The molecule has 0 radical (unpaired) electrons. The molecule has 3 aliphatic rings. The second kappa shape index (κ2) is 6.60. The highest BCUT2D eigenvalue weighted by Gasteiger charge is 2.57. The summed E-state index contributed by atoms with van der Waals surface area (Å²) in [6, 6.07) is 0. The smallest absolute Gasteiger partial charge is 0.306 e. The van der Waals surface area contributed by atoms with E-state index in [2.05, 4.69) is 9.97 Å². The Hall–Kier alpha value is -1.84. The van der Waals surface area contributed by atoms with E-state index in [4.69, 9.17) is 4.74 Å². The molecule has 1 aromatic rings. The van der Waals surface area contributed by atoms with E-state index < -0.39 is 26.6 Å². The van der Waals surface area contributed by atoms with Gasteiger partial charge in [0.25, 0.3) is 5.92 Å². The zero-order valence-corrected chi connectivity index (χ0v) is 16.6. The van der Waals surface area contributed by atoms with E-state index in [0.29, 0.717) is 50.3 Å². The fourth-order valence-corrected chi connectivity index (χ4v) is 5.06. The van der Waals surface area contributed by atoms with Gasteiger partial charge in [-0.25, -0.2) is 18.4 Å². The van der Waals surface area contributed by atoms with Crippen molar-refractivity contribution in [3.63, 3.8) is 0 Å². The third-order valence-electron chi connectivity index (χ3n) is 5.94. The number of nitrogens with zero attached hydrogens (tertiary/aromatic N) is 3. The number of carbonyl (C=O) groups excluding carboxylic acids is 1. The maximum absolute atomic E-state index is 14.4. The second-order valence-electron chi connectivity index (χ2n) is 7.89. The minimum atomic E-state index is -3.82. The topological polar surface area (TPSA) is 89.5 Å². The van der Waals surface area contributed by atoms with Gasteiger partial charge in [0, 0.05) is 37.8 Å². The summed E-state index contributed by atoms with van der Waals surface area (Å²) in [5.74, 6) is -2.26. The molecule has 0 spiro atoms. The van der Waals surface area contributed by atoms with E-state index in [1.165, 1.54) is 0 Å². The molecule has 10 heteroatoms. The largest absolute Gasteiger partial charge is 0.466 e. The molecule has 0 aromatic carbocycles. The molecule has 1 aromatic heterocycles. The Morgan fingerprint density at radius 1 is 1.29 bits per heavy atom. The van der Waals surface area contributed by atoms with Crippen molar-refractivity contribution in [2.45, 2.75) is 43.7 Å². The monoisotopic (exact) mass is 415 g/mol. The Balaban J connectivity index is 1.61. The fourth-order valence-electron chi connectivity index (χ4n) is 4.56. The summed E-state index contributed by atoms with van der Waals surface area (Å²) in [5.41, 5.74) is -0.0975. The van der Waals surface area contributed by atoms with Crippen LogP contribution in [0.1, 0.15) is 37.4 Å². The van der Waals surface area contributed by atoms with Gasteiger partial charge in [-0.1, -0.05) is 0 Å². The van der Waals surface area contributed by atoms with E-state index in [-0.39, 0.29) is 30.1 Å². The molecule has 0 N–H and O–H groups in total. The molecule has 2 aliphatic carbocycles. The number of aromatic nitrogens is 2. The number of fused-ring (bicyclic) bond motifs is 2. The number of hydrogen-bond donors (Lipinski definition) is 0. The van der Waals surface area contributed by atoms with Crippen LogP contribution in [0.2, 0.25) is 0 Å². The first-order chi connectivity index (χ1) is 13.1. The molecular formula is C18H23F2N3O4S. The molecular weight excluding hydrogens is 392 g/mol. The first-order valence-corrected chi connectivity index (χ1v) is 11.4. The summed E-state index contributed by atoms with van der Waals surface area (Å²) in [4.78, 5) is 21.5. The van der Waals surface area contributed by atoms with Crippen LogP contribution in [0.5, 0.6) is 0 Å². The van der Waals surface area contributed by atoms with Crippen LogP contribution in [0.25, 0.3) is 0 Å². The van der Waals surface area contributed by atoms with Crippen LogP contribution in [0.15, 0.2) is 5.16 Å². The van der Waals surface area contributed by atoms with Gasteiger partial charge in [0.15, 0.2) is 0 Å². The zero-order valence-electron chi connectivity index (χ0n) is 15.8. The number of piperidine rings is 1. The molecule has 3 atom stereocenters. The highest BCUT2D eigenvalue weighted by atomic mass is 32.2. The normalized spacial score (nSPS) is 27.9. The van der Waals surface area contributed by atoms with Gasteiger partial charge in [0.05, 0.1) is 6.61 Å². The number of carbonyl (C=O) groups is 1. The molecule has 0 amide bonds. The van der Waals surface area contributed by atoms with Crippen LogP contribution < -0.4 is 4.90 Å². The van der Waals surface area contributed by atoms with E-state index in [1.54, 1.807) is 6.92 Å². The van der Waals surface area contributed by atoms with Gasteiger partial charge >= 0.3 is 5.97 Å². The van der Waals surface area contributed by atoms with Crippen molar-refractivity contribution in [2.75, 3.05) is 30.9 Å². The van der Waals surface area contributed by atoms with Crippen LogP contribution in [-0.4, -0.2) is 50.3 Å². The number of sulfone groups is 1. The van der Waals surface area contributed by atoms with Crippen LogP contribution in [0.3, 0.4) is 0 Å². The summed E-state index contributed by atoms with van der Waals surface area (Å²) in [6.07, 6.45) is 1.66. The number of rotatable bonds is 5. The van der Waals surface area contributed by atoms with Gasteiger partial charge in [-0.05, 0) is 37.5 Å². The maximum atomic E-state index is 14.4. The number of anilines is 1. The number of halogens is 2. The first kappa shape index (κ1) is 19.5. The van der Waals surface area contributed by atoms with E-state index >= 15 is 0 Å². The van der Waals surface area contributed by atoms with Gasteiger partial charge < -0.3 is 9.64 Å². The van der Waals surface area contributed by atoms with Crippen LogP contribution in [0.4, 0.5) is 14.6 Å². The number of alkyl halides is 2. The highest BCUT2D eigenvalue weighted by molar-refractivity contribution is 7.90. The molecule has 7 nitrogen and oxygen atoms in total. The van der Waals surface area contributed by atoms with Crippen LogP contribution in [0, 0.1) is 17.8 Å². The van der Waals surface area contributed by atoms with Gasteiger partial charge in [-0.3, -0.25) is 4.79 Å². The van der Waals surface area contributed by atoms with Gasteiger partial charge in [-0.15, -0.1) is 0 Å². The van der Waals surface area contributed by atoms with E-state index in [0.717, 1.165) is 6.26 Å². The lowest BCUT2D eigenvalue weighted by Crippen LogP contribution is -2.32. The Kier molecular flexibility index (Phi) is 4.59. The van der Waals surface area contributed by atoms with E-state index in [1.807, 2.05) is 4.90 Å². The SMILES string of the molecule is CCOC(=O)C[C@@H]1[C@H]2CN(c3nc(S(C)(=O)=O)nc4c3CCCC4(F)F)C[C@@H]12. The van der Waals surface area contributed by atoms with Crippen molar-refractivity contribution in [3.8, 4) is 0 Å². The minimum Gasteiger partial charge on any atom is -0.466 e. The van der Waals surface area contributed by atoms with Crippen molar-refractivity contribution in [3.05, 3.63) is 11.3 Å². The van der Waals surface area contributed by atoms with Crippen molar-refractivity contribution in [1.29, 1.82) is 0 Å². The molecule has 154 valence electrons. The average molecular weight is 415 g/mol. The van der Waals surface area contributed by atoms with Crippen molar-refractivity contribution in [1.82, 2.24) is 9.97 Å². The number of ether oxygens (including phenoxy) is 1. The maximum Gasteiger partial charge on any atom is 0.306 e. The summed E-state index contributed by atoms with van der Waals surface area (Å²) >= 11 is 0. The standard InChI is InChI=1S/C18H23F2N3O4S/c1-3-27-14(24)7-11-12-8-23(9-13(11)12)16-10-5-4-6-18(19,20)15(10)21-17(22-16)28(2,25)26/h11-13H,3-9H2,1-2H3/t11-,12-,13+. The Morgan fingerprint density at radius 3 is 2.57 bits per heavy atom. The Labute approximate surface area is 162 Å². The lowest BCUT2D eigenvalue weighted by molar-refractivity contribution is -0.143. The van der Waals surface area contributed by atoms with Crippen LogP contribution in [-0.2, 0) is 31.7 Å². The second-order valence-corrected chi connectivity index (χ2v) is 9.80. The molecule has 4 rings (SSSR count).